The number of halogens is 1. The average molecular weight is 245 g/mol. The number of hydrogen-bond acceptors (Lipinski definition) is 2. The highest BCUT2D eigenvalue weighted by Crippen LogP contribution is 2.25. The van der Waals surface area contributed by atoms with Gasteiger partial charge in [0.05, 0.1) is 11.9 Å². The predicted molar refractivity (Wildman–Crippen MR) is 70.4 cm³/mol. The molecule has 1 aliphatic rings. The summed E-state index contributed by atoms with van der Waals surface area (Å²) in [6.07, 6.45) is 4.79. The molecule has 1 aliphatic heterocycles. The third-order valence-corrected chi connectivity index (χ3v) is 3.43. The highest BCUT2D eigenvalue weighted by Gasteiger charge is 2.16. The molecular weight excluding hydrogens is 232 g/mol. The molecular formula is C14H13ClN2. The fraction of sp³-hybridized carbons (Fsp3) is 0.214. The molecule has 0 saturated carbocycles. The number of nitrogens with zero attached hydrogens (tertiary/aromatic N) is 2. The lowest BCUT2D eigenvalue weighted by molar-refractivity contribution is 0.730. The van der Waals surface area contributed by atoms with Gasteiger partial charge < -0.3 is 4.90 Å². The Kier molecular flexibility index (Phi) is 2.73. The van der Waals surface area contributed by atoms with Crippen molar-refractivity contribution in [1.82, 2.24) is 4.98 Å². The highest BCUT2D eigenvalue weighted by atomic mass is 35.5. The molecule has 0 N–H and O–H groups in total. The van der Waals surface area contributed by atoms with Crippen molar-refractivity contribution >= 4 is 17.3 Å². The third kappa shape index (κ3) is 2.13. The molecule has 0 amide bonds. The molecule has 0 saturated heterocycles. The van der Waals surface area contributed by atoms with E-state index in [1.165, 1.54) is 16.8 Å². The minimum atomic E-state index is 0.816. The topological polar surface area (TPSA) is 16.1 Å². The van der Waals surface area contributed by atoms with Crippen LogP contribution >= 0.6 is 11.6 Å². The monoisotopic (exact) mass is 244 g/mol. The van der Waals surface area contributed by atoms with Gasteiger partial charge in [-0.2, -0.15) is 0 Å². The fourth-order valence-electron chi connectivity index (χ4n) is 2.29. The first-order chi connectivity index (χ1) is 8.33. The highest BCUT2D eigenvalue weighted by molar-refractivity contribution is 6.30. The Morgan fingerprint density at radius 3 is 2.94 bits per heavy atom. The van der Waals surface area contributed by atoms with Gasteiger partial charge >= 0.3 is 0 Å². The van der Waals surface area contributed by atoms with Crippen LogP contribution in [0, 0.1) is 0 Å². The van der Waals surface area contributed by atoms with E-state index in [0.29, 0.717) is 0 Å². The molecule has 0 unspecified atom stereocenters. The van der Waals surface area contributed by atoms with Gasteiger partial charge in [-0.05, 0) is 41.8 Å². The minimum absolute atomic E-state index is 0.816. The maximum Gasteiger partial charge on any atom is 0.0555 e. The zero-order chi connectivity index (χ0) is 11.7. The number of pyridine rings is 1. The van der Waals surface area contributed by atoms with Crippen LogP contribution in [-0.4, -0.2) is 11.5 Å². The van der Waals surface area contributed by atoms with Crippen molar-refractivity contribution in [3.05, 3.63) is 58.9 Å². The van der Waals surface area contributed by atoms with Gasteiger partial charge in [0.15, 0.2) is 0 Å². The van der Waals surface area contributed by atoms with E-state index in [2.05, 4.69) is 28.1 Å². The van der Waals surface area contributed by atoms with Gasteiger partial charge in [0.1, 0.15) is 0 Å². The SMILES string of the molecule is Clc1ccc2c(c1)CN(c1cccnc1)CC2. The summed E-state index contributed by atoms with van der Waals surface area (Å²) in [6, 6.07) is 10.3. The summed E-state index contributed by atoms with van der Waals surface area (Å²) < 4.78 is 0. The quantitative estimate of drug-likeness (QED) is 0.765. The maximum absolute atomic E-state index is 6.04. The first kappa shape index (κ1) is 10.6. The number of hydrogen-bond donors (Lipinski definition) is 0. The zero-order valence-electron chi connectivity index (χ0n) is 9.44. The summed E-state index contributed by atoms with van der Waals surface area (Å²) >= 11 is 6.04. The van der Waals surface area contributed by atoms with Gasteiger partial charge in [0.25, 0.3) is 0 Å². The molecule has 0 spiro atoms. The van der Waals surface area contributed by atoms with Crippen LogP contribution < -0.4 is 4.90 Å². The van der Waals surface area contributed by atoms with E-state index in [1.54, 1.807) is 6.20 Å². The largest absolute Gasteiger partial charge is 0.366 e. The standard InChI is InChI=1S/C14H13ClN2/c15-13-4-3-11-5-7-17(10-12(11)8-13)14-2-1-6-16-9-14/h1-4,6,8-9H,5,7,10H2. The van der Waals surface area contributed by atoms with E-state index in [9.17, 15) is 0 Å². The van der Waals surface area contributed by atoms with Gasteiger partial charge in [0.2, 0.25) is 0 Å². The number of rotatable bonds is 1. The van der Waals surface area contributed by atoms with E-state index < -0.39 is 0 Å². The Bertz CT molecular complexity index is 525. The summed E-state index contributed by atoms with van der Waals surface area (Å²) in [5, 5.41) is 0.816. The molecule has 2 heterocycles. The van der Waals surface area contributed by atoms with E-state index in [4.69, 9.17) is 11.6 Å². The van der Waals surface area contributed by atoms with Crippen LogP contribution in [-0.2, 0) is 13.0 Å². The van der Waals surface area contributed by atoms with Crippen molar-refractivity contribution in [3.8, 4) is 0 Å². The van der Waals surface area contributed by atoms with Crippen LogP contribution in [0.1, 0.15) is 11.1 Å². The molecule has 1 aromatic heterocycles. The fourth-order valence-corrected chi connectivity index (χ4v) is 2.48. The molecule has 17 heavy (non-hydrogen) atoms. The molecule has 0 bridgehead atoms. The lowest BCUT2D eigenvalue weighted by Crippen LogP contribution is -2.30. The van der Waals surface area contributed by atoms with Gasteiger partial charge in [-0.25, -0.2) is 0 Å². The smallest absolute Gasteiger partial charge is 0.0555 e. The molecule has 2 aromatic rings. The Hall–Kier alpha value is -1.54. The number of aromatic nitrogens is 1. The van der Waals surface area contributed by atoms with Crippen LogP contribution in [0.4, 0.5) is 5.69 Å². The zero-order valence-corrected chi connectivity index (χ0v) is 10.2. The van der Waals surface area contributed by atoms with Gasteiger partial charge in [-0.1, -0.05) is 17.7 Å². The van der Waals surface area contributed by atoms with Crippen molar-refractivity contribution in [2.45, 2.75) is 13.0 Å². The third-order valence-electron chi connectivity index (χ3n) is 3.19. The van der Waals surface area contributed by atoms with Crippen molar-refractivity contribution in [2.75, 3.05) is 11.4 Å². The maximum atomic E-state index is 6.04. The van der Waals surface area contributed by atoms with Crippen molar-refractivity contribution in [3.63, 3.8) is 0 Å². The Morgan fingerprint density at radius 1 is 1.18 bits per heavy atom. The number of anilines is 1. The predicted octanol–water partition coefficient (Wildman–Crippen LogP) is 3.30. The van der Waals surface area contributed by atoms with Crippen LogP contribution in [0.25, 0.3) is 0 Å². The van der Waals surface area contributed by atoms with Crippen LogP contribution in [0.3, 0.4) is 0 Å². The number of fused-ring (bicyclic) bond motifs is 1. The molecule has 0 aliphatic carbocycles. The lowest BCUT2D eigenvalue weighted by Gasteiger charge is -2.30. The van der Waals surface area contributed by atoms with Crippen molar-refractivity contribution in [1.29, 1.82) is 0 Å². The first-order valence-electron chi connectivity index (χ1n) is 5.75. The second-order valence-electron chi connectivity index (χ2n) is 4.30. The molecule has 86 valence electrons. The molecule has 3 rings (SSSR count). The molecule has 2 nitrogen and oxygen atoms in total. The molecule has 1 aromatic carbocycles. The van der Waals surface area contributed by atoms with E-state index in [1.807, 2.05) is 18.3 Å². The lowest BCUT2D eigenvalue weighted by atomic mass is 9.99. The van der Waals surface area contributed by atoms with E-state index in [-0.39, 0.29) is 0 Å². The Morgan fingerprint density at radius 2 is 2.12 bits per heavy atom. The van der Waals surface area contributed by atoms with Gasteiger partial charge in [-0.3, -0.25) is 4.98 Å². The van der Waals surface area contributed by atoms with Crippen LogP contribution in [0.2, 0.25) is 5.02 Å². The summed E-state index contributed by atoms with van der Waals surface area (Å²) in [4.78, 5) is 6.50. The van der Waals surface area contributed by atoms with Crippen LogP contribution in [0.5, 0.6) is 0 Å². The van der Waals surface area contributed by atoms with Gasteiger partial charge in [-0.15, -0.1) is 0 Å². The summed E-state index contributed by atoms with van der Waals surface area (Å²) in [5.74, 6) is 0. The van der Waals surface area contributed by atoms with Crippen LogP contribution in [0.15, 0.2) is 42.7 Å². The molecule has 0 atom stereocenters. The van der Waals surface area contributed by atoms with E-state index >= 15 is 0 Å². The Balaban J connectivity index is 1.90. The Labute approximate surface area is 106 Å². The molecule has 0 radical (unpaired) electrons. The second-order valence-corrected chi connectivity index (χ2v) is 4.73. The molecule has 3 heteroatoms. The average Bonchev–Trinajstić information content (AvgIpc) is 2.39. The summed E-state index contributed by atoms with van der Waals surface area (Å²) in [7, 11) is 0. The first-order valence-corrected chi connectivity index (χ1v) is 6.13. The van der Waals surface area contributed by atoms with E-state index in [0.717, 1.165) is 24.5 Å². The second kappa shape index (κ2) is 4.38. The van der Waals surface area contributed by atoms with Gasteiger partial charge in [0, 0.05) is 24.3 Å². The summed E-state index contributed by atoms with van der Waals surface area (Å²) in [6.45, 7) is 1.96. The van der Waals surface area contributed by atoms with Crippen molar-refractivity contribution < 1.29 is 0 Å². The normalized spacial score (nSPS) is 14.5. The number of benzene rings is 1. The summed E-state index contributed by atoms with van der Waals surface area (Å²) in [5.41, 5.74) is 3.92. The minimum Gasteiger partial charge on any atom is -0.366 e. The molecule has 0 fully saturated rings. The van der Waals surface area contributed by atoms with Crippen molar-refractivity contribution in [2.24, 2.45) is 0 Å².